The summed E-state index contributed by atoms with van der Waals surface area (Å²) in [5, 5.41) is 3.21. The third-order valence-corrected chi connectivity index (χ3v) is 5.84. The van der Waals surface area contributed by atoms with Crippen LogP contribution in [0.5, 0.6) is 0 Å². The van der Waals surface area contributed by atoms with Crippen LogP contribution in [0.15, 0.2) is 47.4 Å². The molecule has 25 heavy (non-hydrogen) atoms. The molecular weight excluding hydrogens is 403 g/mol. The molecule has 0 aliphatic heterocycles. The van der Waals surface area contributed by atoms with E-state index in [0.29, 0.717) is 10.7 Å². The van der Waals surface area contributed by atoms with Crippen molar-refractivity contribution in [3.63, 3.8) is 0 Å². The molecule has 5 nitrogen and oxygen atoms in total. The van der Waals surface area contributed by atoms with Gasteiger partial charge >= 0.3 is 0 Å². The number of hydrogen-bond donors (Lipinski definition) is 1. The average Bonchev–Trinajstić information content (AvgIpc) is 2.54. The summed E-state index contributed by atoms with van der Waals surface area (Å²) < 4.78 is 25.1. The van der Waals surface area contributed by atoms with E-state index < -0.39 is 15.9 Å². The second-order valence-electron chi connectivity index (χ2n) is 5.15. The summed E-state index contributed by atoms with van der Waals surface area (Å²) >= 11 is 13.4. The van der Waals surface area contributed by atoms with Crippen LogP contribution in [-0.4, -0.2) is 33.4 Å². The number of thioether (sulfide) groups is 1. The van der Waals surface area contributed by atoms with Crippen LogP contribution in [0.2, 0.25) is 10.0 Å². The second-order valence-corrected chi connectivity index (χ2v) is 8.75. The first kappa shape index (κ1) is 19.9. The van der Waals surface area contributed by atoms with Gasteiger partial charge in [-0.2, -0.15) is 0 Å². The fourth-order valence-corrected chi connectivity index (χ4v) is 3.67. The number of carbonyl (C=O) groups excluding carboxylic acids is 1. The summed E-state index contributed by atoms with van der Waals surface area (Å²) in [7, 11) is -3.68. The van der Waals surface area contributed by atoms with Crippen molar-refractivity contribution in [1.29, 1.82) is 0 Å². The van der Waals surface area contributed by atoms with Gasteiger partial charge in [0.25, 0.3) is 0 Å². The number of amides is 1. The smallest absolute Gasteiger partial charge is 0.245 e. The van der Waals surface area contributed by atoms with Crippen LogP contribution < -0.4 is 9.62 Å². The average molecular weight is 419 g/mol. The summed E-state index contributed by atoms with van der Waals surface area (Å²) in [6.07, 6.45) is 2.95. The monoisotopic (exact) mass is 418 g/mol. The van der Waals surface area contributed by atoms with Gasteiger partial charge in [-0.15, -0.1) is 11.8 Å². The van der Waals surface area contributed by atoms with E-state index in [0.717, 1.165) is 15.5 Å². The van der Waals surface area contributed by atoms with Crippen molar-refractivity contribution >= 4 is 62.3 Å². The van der Waals surface area contributed by atoms with Gasteiger partial charge in [0.2, 0.25) is 15.9 Å². The summed E-state index contributed by atoms with van der Waals surface area (Å²) in [6, 6.07) is 11.7. The van der Waals surface area contributed by atoms with Crippen molar-refractivity contribution in [2.75, 3.05) is 28.7 Å². The number of sulfonamides is 1. The minimum absolute atomic E-state index is 0.209. The molecule has 134 valence electrons. The molecule has 0 aromatic heterocycles. The molecule has 2 aromatic rings. The molecule has 0 heterocycles. The van der Waals surface area contributed by atoms with Gasteiger partial charge in [-0.05, 0) is 42.7 Å². The zero-order valence-corrected chi connectivity index (χ0v) is 16.6. The highest BCUT2D eigenvalue weighted by atomic mass is 35.5. The summed E-state index contributed by atoms with van der Waals surface area (Å²) in [5.41, 5.74) is 0.865. The van der Waals surface area contributed by atoms with E-state index in [2.05, 4.69) is 5.32 Å². The minimum atomic E-state index is -3.68. The van der Waals surface area contributed by atoms with Crippen LogP contribution in [0.25, 0.3) is 0 Å². The molecule has 2 aromatic carbocycles. The molecule has 2 rings (SSSR count). The third kappa shape index (κ3) is 5.54. The summed E-state index contributed by atoms with van der Waals surface area (Å²) in [6.45, 7) is -0.375. The van der Waals surface area contributed by atoms with E-state index in [4.69, 9.17) is 23.2 Å². The standard InChI is InChI=1S/C16H16Cl2N2O3S2/c1-24-13-5-3-4-11(8-13)19-16(21)10-20(25(2,22)23)12-6-7-14(17)15(18)9-12/h3-9H,10H2,1-2H3,(H,19,21). The lowest BCUT2D eigenvalue weighted by Crippen LogP contribution is -2.37. The molecule has 0 unspecified atom stereocenters. The van der Waals surface area contributed by atoms with Gasteiger partial charge in [-0.3, -0.25) is 9.10 Å². The van der Waals surface area contributed by atoms with Crippen LogP contribution in [0.1, 0.15) is 0 Å². The molecule has 0 aliphatic rings. The predicted octanol–water partition coefficient (Wildman–Crippen LogP) is 4.12. The zero-order chi connectivity index (χ0) is 18.6. The number of rotatable bonds is 6. The van der Waals surface area contributed by atoms with Gasteiger partial charge in [0.05, 0.1) is 22.0 Å². The van der Waals surface area contributed by atoms with Crippen molar-refractivity contribution in [3.8, 4) is 0 Å². The molecule has 0 spiro atoms. The first-order chi connectivity index (χ1) is 11.7. The molecule has 0 atom stereocenters. The van der Waals surface area contributed by atoms with Gasteiger partial charge in [-0.1, -0.05) is 29.3 Å². The Kier molecular flexibility index (Phi) is 6.62. The van der Waals surface area contributed by atoms with E-state index in [1.54, 1.807) is 17.8 Å². The SMILES string of the molecule is CSc1cccc(NC(=O)CN(c2ccc(Cl)c(Cl)c2)S(C)(=O)=O)c1. The zero-order valence-electron chi connectivity index (χ0n) is 13.5. The van der Waals surface area contributed by atoms with Crippen LogP contribution in [0.3, 0.4) is 0 Å². The van der Waals surface area contributed by atoms with Crippen molar-refractivity contribution in [1.82, 2.24) is 0 Å². The Balaban J connectivity index is 2.22. The second kappa shape index (κ2) is 8.31. The van der Waals surface area contributed by atoms with Gasteiger partial charge in [-0.25, -0.2) is 8.42 Å². The van der Waals surface area contributed by atoms with Gasteiger partial charge < -0.3 is 5.32 Å². The number of anilines is 2. The number of carbonyl (C=O) groups is 1. The van der Waals surface area contributed by atoms with Gasteiger partial charge in [0.1, 0.15) is 6.54 Å². The van der Waals surface area contributed by atoms with Crippen molar-refractivity contribution < 1.29 is 13.2 Å². The highest BCUT2D eigenvalue weighted by Gasteiger charge is 2.21. The first-order valence-corrected chi connectivity index (χ1v) is 10.9. The minimum Gasteiger partial charge on any atom is -0.324 e. The third-order valence-electron chi connectivity index (χ3n) is 3.23. The van der Waals surface area contributed by atoms with Crippen molar-refractivity contribution in [2.24, 2.45) is 0 Å². The Bertz CT molecular complexity index is 889. The van der Waals surface area contributed by atoms with Crippen molar-refractivity contribution in [3.05, 3.63) is 52.5 Å². The highest BCUT2D eigenvalue weighted by molar-refractivity contribution is 7.98. The van der Waals surface area contributed by atoms with E-state index in [1.165, 1.54) is 18.2 Å². The largest absolute Gasteiger partial charge is 0.324 e. The lowest BCUT2D eigenvalue weighted by molar-refractivity contribution is -0.114. The fraction of sp³-hybridized carbons (Fsp3) is 0.188. The van der Waals surface area contributed by atoms with Crippen LogP contribution in [0, 0.1) is 0 Å². The van der Waals surface area contributed by atoms with Crippen LogP contribution in [0.4, 0.5) is 11.4 Å². The number of nitrogens with zero attached hydrogens (tertiary/aromatic N) is 1. The molecule has 0 radical (unpaired) electrons. The maximum absolute atomic E-state index is 12.3. The Morgan fingerprint density at radius 3 is 2.48 bits per heavy atom. The lowest BCUT2D eigenvalue weighted by atomic mass is 10.3. The molecule has 0 fully saturated rings. The number of halogens is 2. The fourth-order valence-electron chi connectivity index (χ4n) is 2.07. The predicted molar refractivity (Wildman–Crippen MR) is 106 cm³/mol. The van der Waals surface area contributed by atoms with E-state index in [-0.39, 0.29) is 17.3 Å². The highest BCUT2D eigenvalue weighted by Crippen LogP contribution is 2.28. The topological polar surface area (TPSA) is 66.5 Å². The maximum Gasteiger partial charge on any atom is 0.245 e. The Labute approximate surface area is 161 Å². The molecular formula is C16H16Cl2N2O3S2. The Morgan fingerprint density at radius 2 is 1.88 bits per heavy atom. The van der Waals surface area contributed by atoms with E-state index >= 15 is 0 Å². The normalized spacial score (nSPS) is 11.2. The van der Waals surface area contributed by atoms with Gasteiger partial charge in [0, 0.05) is 10.6 Å². The molecule has 0 aliphatic carbocycles. The maximum atomic E-state index is 12.3. The Morgan fingerprint density at radius 1 is 1.16 bits per heavy atom. The van der Waals surface area contributed by atoms with Crippen LogP contribution >= 0.6 is 35.0 Å². The number of hydrogen-bond acceptors (Lipinski definition) is 4. The van der Waals surface area contributed by atoms with E-state index in [1.807, 2.05) is 24.5 Å². The molecule has 1 amide bonds. The van der Waals surface area contributed by atoms with Gasteiger partial charge in [0.15, 0.2) is 0 Å². The molecule has 0 bridgehead atoms. The first-order valence-electron chi connectivity index (χ1n) is 7.07. The van der Waals surface area contributed by atoms with Crippen molar-refractivity contribution in [2.45, 2.75) is 4.90 Å². The van der Waals surface area contributed by atoms with E-state index in [9.17, 15) is 13.2 Å². The molecule has 9 heteroatoms. The quantitative estimate of drug-likeness (QED) is 0.716. The van der Waals surface area contributed by atoms with Crippen LogP contribution in [-0.2, 0) is 14.8 Å². The number of nitrogens with one attached hydrogen (secondary N) is 1. The molecule has 1 N–H and O–H groups in total. The molecule has 0 saturated heterocycles. The molecule has 0 saturated carbocycles. The Hall–Kier alpha value is -1.41. The summed E-state index contributed by atoms with van der Waals surface area (Å²) in [5.74, 6) is -0.463. The lowest BCUT2D eigenvalue weighted by Gasteiger charge is -2.22. The number of benzene rings is 2. The summed E-state index contributed by atoms with van der Waals surface area (Å²) in [4.78, 5) is 13.3.